The number of piperidine rings is 1. The van der Waals surface area contributed by atoms with Crippen molar-refractivity contribution < 1.29 is 22.7 Å². The fraction of sp³-hybridized carbons (Fsp3) is 0.333. The number of benzene rings is 2. The Bertz CT molecular complexity index is 1030. The van der Waals surface area contributed by atoms with Gasteiger partial charge in [-0.1, -0.05) is 46.6 Å². The van der Waals surface area contributed by atoms with Crippen LogP contribution in [0.3, 0.4) is 0 Å². The van der Waals surface area contributed by atoms with Crippen molar-refractivity contribution in [1.29, 1.82) is 0 Å². The first kappa shape index (κ1) is 21.7. The minimum absolute atomic E-state index is 0.103. The van der Waals surface area contributed by atoms with Crippen LogP contribution < -0.4 is 0 Å². The molecule has 0 aromatic heterocycles. The lowest BCUT2D eigenvalue weighted by Gasteiger charge is -2.26. The minimum atomic E-state index is -3.68. The number of carbonyl (C=O) groups is 2. The van der Waals surface area contributed by atoms with E-state index in [1.54, 1.807) is 37.3 Å². The van der Waals surface area contributed by atoms with E-state index in [0.29, 0.717) is 28.7 Å². The maximum Gasteiger partial charge on any atom is 0.338 e. The molecule has 0 N–H and O–H groups in total. The predicted molar refractivity (Wildman–Crippen MR) is 113 cm³/mol. The number of hydrogen-bond donors (Lipinski definition) is 0. The van der Waals surface area contributed by atoms with Crippen LogP contribution in [0.1, 0.15) is 45.5 Å². The van der Waals surface area contributed by atoms with Gasteiger partial charge in [-0.15, -0.1) is 0 Å². The van der Waals surface area contributed by atoms with Crippen LogP contribution in [0.15, 0.2) is 51.8 Å². The molecule has 2 aromatic rings. The molecular weight excluding hydrogens is 458 g/mol. The number of halogens is 1. The topological polar surface area (TPSA) is 80.8 Å². The van der Waals surface area contributed by atoms with Gasteiger partial charge in [0.2, 0.25) is 15.8 Å². The van der Waals surface area contributed by atoms with E-state index in [1.807, 2.05) is 0 Å². The number of esters is 1. The summed E-state index contributed by atoms with van der Waals surface area (Å²) in [6.07, 6.45) is 2.68. The molecule has 0 aliphatic carbocycles. The molecule has 1 fully saturated rings. The van der Waals surface area contributed by atoms with Crippen molar-refractivity contribution in [3.63, 3.8) is 0 Å². The van der Waals surface area contributed by atoms with Crippen LogP contribution in [0.25, 0.3) is 0 Å². The SMILES string of the molecule is Cc1ccc(C(=O)OCC(=O)c2ccccc2Br)cc1S(=O)(=O)N1CCCCC1. The molecule has 1 heterocycles. The quantitative estimate of drug-likeness (QED) is 0.462. The molecular formula is C21H22BrNO5S. The summed E-state index contributed by atoms with van der Waals surface area (Å²) in [5.74, 6) is -1.08. The number of ether oxygens (including phenoxy) is 1. The second-order valence-corrected chi connectivity index (χ2v) is 9.68. The summed E-state index contributed by atoms with van der Waals surface area (Å²) in [6, 6.07) is 11.3. The van der Waals surface area contributed by atoms with Gasteiger partial charge in [0.15, 0.2) is 6.61 Å². The molecule has 8 heteroatoms. The Labute approximate surface area is 179 Å². The fourth-order valence-electron chi connectivity index (χ4n) is 3.23. The first-order valence-electron chi connectivity index (χ1n) is 9.36. The van der Waals surface area contributed by atoms with Crippen LogP contribution in [-0.4, -0.2) is 44.2 Å². The molecule has 0 saturated carbocycles. The molecule has 0 atom stereocenters. The van der Waals surface area contributed by atoms with Crippen LogP contribution in [0.5, 0.6) is 0 Å². The van der Waals surface area contributed by atoms with Crippen molar-refractivity contribution in [3.05, 3.63) is 63.6 Å². The molecule has 29 heavy (non-hydrogen) atoms. The average Bonchev–Trinajstić information content (AvgIpc) is 2.73. The van der Waals surface area contributed by atoms with Gasteiger partial charge in [-0.25, -0.2) is 13.2 Å². The third-order valence-corrected chi connectivity index (χ3v) is 7.60. The number of carbonyl (C=O) groups excluding carboxylic acids is 2. The highest BCUT2D eigenvalue weighted by molar-refractivity contribution is 9.10. The zero-order valence-electron chi connectivity index (χ0n) is 16.1. The Hall–Kier alpha value is -2.03. The number of nitrogens with zero attached hydrogens (tertiary/aromatic N) is 1. The smallest absolute Gasteiger partial charge is 0.338 e. The van der Waals surface area contributed by atoms with Crippen molar-refractivity contribution in [2.75, 3.05) is 19.7 Å². The van der Waals surface area contributed by atoms with Gasteiger partial charge in [-0.3, -0.25) is 4.79 Å². The van der Waals surface area contributed by atoms with Gasteiger partial charge in [0.05, 0.1) is 10.5 Å². The molecule has 2 aromatic carbocycles. The standard InChI is InChI=1S/C21H22BrNO5S/c1-15-9-10-16(13-20(15)29(26,27)23-11-5-2-6-12-23)21(25)28-14-19(24)17-7-3-4-8-18(17)22/h3-4,7-10,13H,2,5-6,11-12,14H2,1H3. The number of aryl methyl sites for hydroxylation is 1. The third kappa shape index (κ3) is 4.94. The lowest BCUT2D eigenvalue weighted by atomic mass is 10.1. The molecule has 1 saturated heterocycles. The molecule has 0 unspecified atom stereocenters. The third-order valence-electron chi connectivity index (χ3n) is 4.87. The van der Waals surface area contributed by atoms with Crippen molar-refractivity contribution in [3.8, 4) is 0 Å². The number of Topliss-reactive ketones (excluding diaryl/α,β-unsaturated/α-hetero) is 1. The normalized spacial score (nSPS) is 15.1. The van der Waals surface area contributed by atoms with Gasteiger partial charge in [0.1, 0.15) is 0 Å². The van der Waals surface area contributed by atoms with Crippen molar-refractivity contribution in [1.82, 2.24) is 4.31 Å². The maximum atomic E-state index is 13.0. The second kappa shape index (κ2) is 9.19. The van der Waals surface area contributed by atoms with E-state index in [9.17, 15) is 18.0 Å². The van der Waals surface area contributed by atoms with Crippen LogP contribution in [-0.2, 0) is 14.8 Å². The van der Waals surface area contributed by atoms with Crippen molar-refractivity contribution >= 4 is 37.7 Å². The molecule has 1 aliphatic heterocycles. The Morgan fingerprint density at radius 2 is 1.76 bits per heavy atom. The fourth-order valence-corrected chi connectivity index (χ4v) is 5.50. The largest absolute Gasteiger partial charge is 0.454 e. The number of hydrogen-bond acceptors (Lipinski definition) is 5. The highest BCUT2D eigenvalue weighted by Gasteiger charge is 2.28. The van der Waals surface area contributed by atoms with Gasteiger partial charge in [0, 0.05) is 23.1 Å². The molecule has 6 nitrogen and oxygen atoms in total. The Morgan fingerprint density at radius 3 is 2.45 bits per heavy atom. The summed E-state index contributed by atoms with van der Waals surface area (Å²) < 4.78 is 33.2. The van der Waals surface area contributed by atoms with Crippen LogP contribution in [0.2, 0.25) is 0 Å². The number of rotatable bonds is 6. The molecule has 0 amide bonds. The summed E-state index contributed by atoms with van der Waals surface area (Å²) in [4.78, 5) is 24.8. The Balaban J connectivity index is 1.76. The zero-order chi connectivity index (χ0) is 21.0. The predicted octanol–water partition coefficient (Wildman–Crippen LogP) is 3.97. The maximum absolute atomic E-state index is 13.0. The first-order chi connectivity index (χ1) is 13.8. The van der Waals surface area contributed by atoms with E-state index in [-0.39, 0.29) is 16.2 Å². The summed E-state index contributed by atoms with van der Waals surface area (Å²) in [7, 11) is -3.68. The summed E-state index contributed by atoms with van der Waals surface area (Å²) in [5, 5.41) is 0. The van der Waals surface area contributed by atoms with E-state index >= 15 is 0 Å². The van der Waals surface area contributed by atoms with Crippen LogP contribution in [0.4, 0.5) is 0 Å². The van der Waals surface area contributed by atoms with Crippen LogP contribution in [0, 0.1) is 6.92 Å². The van der Waals surface area contributed by atoms with Crippen molar-refractivity contribution in [2.45, 2.75) is 31.1 Å². The van der Waals surface area contributed by atoms with Gasteiger partial charge < -0.3 is 4.74 Å². The van der Waals surface area contributed by atoms with Gasteiger partial charge in [-0.2, -0.15) is 4.31 Å². The first-order valence-corrected chi connectivity index (χ1v) is 11.6. The van der Waals surface area contributed by atoms with E-state index in [1.165, 1.54) is 16.4 Å². The lowest BCUT2D eigenvalue weighted by molar-refractivity contribution is 0.0474. The molecule has 154 valence electrons. The summed E-state index contributed by atoms with van der Waals surface area (Å²) in [6.45, 7) is 2.24. The highest BCUT2D eigenvalue weighted by Crippen LogP contribution is 2.25. The van der Waals surface area contributed by atoms with E-state index in [4.69, 9.17) is 4.74 Å². The average molecular weight is 480 g/mol. The van der Waals surface area contributed by atoms with Gasteiger partial charge in [-0.05, 0) is 43.5 Å². The van der Waals surface area contributed by atoms with E-state index in [0.717, 1.165) is 19.3 Å². The van der Waals surface area contributed by atoms with Crippen LogP contribution >= 0.6 is 15.9 Å². The number of sulfonamides is 1. The van der Waals surface area contributed by atoms with E-state index < -0.39 is 22.6 Å². The molecule has 3 rings (SSSR count). The van der Waals surface area contributed by atoms with E-state index in [2.05, 4.69) is 15.9 Å². The molecule has 1 aliphatic rings. The minimum Gasteiger partial charge on any atom is -0.454 e. The monoisotopic (exact) mass is 479 g/mol. The Kier molecular flexibility index (Phi) is 6.87. The van der Waals surface area contributed by atoms with Crippen molar-refractivity contribution in [2.24, 2.45) is 0 Å². The highest BCUT2D eigenvalue weighted by atomic mass is 79.9. The van der Waals surface area contributed by atoms with Gasteiger partial charge in [0.25, 0.3) is 0 Å². The van der Waals surface area contributed by atoms with Gasteiger partial charge >= 0.3 is 5.97 Å². The second-order valence-electron chi connectivity index (χ2n) is 6.92. The zero-order valence-corrected chi connectivity index (χ0v) is 18.5. The Morgan fingerprint density at radius 1 is 1.07 bits per heavy atom. The molecule has 0 spiro atoms. The summed E-state index contributed by atoms with van der Waals surface area (Å²) in [5.41, 5.74) is 1.08. The molecule has 0 bridgehead atoms. The summed E-state index contributed by atoms with van der Waals surface area (Å²) >= 11 is 3.29. The lowest BCUT2D eigenvalue weighted by Crippen LogP contribution is -2.36. The number of ketones is 1. The molecule has 0 radical (unpaired) electrons.